The second-order valence-electron chi connectivity index (χ2n) is 5.47. The highest BCUT2D eigenvalue weighted by molar-refractivity contribution is 5.27. The van der Waals surface area contributed by atoms with E-state index in [-0.39, 0.29) is 0 Å². The number of phenols is 1. The fourth-order valence-corrected chi connectivity index (χ4v) is 2.95. The number of hydrogen-bond donors (Lipinski definition) is 2. The van der Waals surface area contributed by atoms with Crippen LogP contribution in [0, 0.1) is 0 Å². The summed E-state index contributed by atoms with van der Waals surface area (Å²) in [6.07, 6.45) is 4.08. The zero-order chi connectivity index (χ0) is 13.9. The lowest BCUT2D eigenvalue weighted by atomic mass is 9.92. The van der Waals surface area contributed by atoms with Gasteiger partial charge in [-0.15, -0.1) is 0 Å². The summed E-state index contributed by atoms with van der Waals surface area (Å²) in [7, 11) is 0. The lowest BCUT2D eigenvalue weighted by molar-refractivity contribution is 0.161. The zero-order valence-electron chi connectivity index (χ0n) is 11.7. The van der Waals surface area contributed by atoms with Crippen LogP contribution in [0.3, 0.4) is 0 Å². The van der Waals surface area contributed by atoms with Crippen LogP contribution >= 0.6 is 0 Å². The molecular weight excluding hydrogens is 252 g/mol. The predicted octanol–water partition coefficient (Wildman–Crippen LogP) is 2.45. The lowest BCUT2D eigenvalue weighted by Gasteiger charge is -2.35. The van der Waals surface area contributed by atoms with Gasteiger partial charge in [0.05, 0.1) is 11.9 Å². The highest BCUT2D eigenvalue weighted by Gasteiger charge is 2.25. The molecule has 1 atom stereocenters. The monoisotopic (exact) mass is 272 g/mol. The molecule has 2 heterocycles. The summed E-state index contributed by atoms with van der Waals surface area (Å²) in [5, 5.41) is 20.1. The molecule has 1 aliphatic rings. The quantitative estimate of drug-likeness (QED) is 0.900. The first-order valence-corrected chi connectivity index (χ1v) is 7.12. The van der Waals surface area contributed by atoms with Crippen LogP contribution in [0.5, 0.6) is 5.75 Å². The summed E-state index contributed by atoms with van der Waals surface area (Å²) in [5.74, 6) is 0.850. The molecule has 1 fully saturated rings. The van der Waals surface area contributed by atoms with Crippen LogP contribution in [-0.2, 0) is 0 Å². The predicted molar refractivity (Wildman–Crippen MR) is 76.5 cm³/mol. The van der Waals surface area contributed by atoms with E-state index in [1.807, 2.05) is 18.3 Å². The van der Waals surface area contributed by atoms with Crippen molar-refractivity contribution in [2.24, 2.45) is 0 Å². The number of aromatic hydroxyl groups is 1. The fraction of sp³-hybridized carbons (Fsp3) is 0.467. The normalized spacial score (nSPS) is 19.1. The molecule has 0 amide bonds. The minimum atomic E-state index is 0.325. The Bertz CT molecular complexity index is 530. The van der Waals surface area contributed by atoms with Gasteiger partial charge in [-0.3, -0.25) is 4.90 Å². The van der Waals surface area contributed by atoms with Crippen molar-refractivity contribution in [3.63, 3.8) is 0 Å². The summed E-state index contributed by atoms with van der Waals surface area (Å²) in [4.78, 5) is 2.49. The zero-order valence-corrected chi connectivity index (χ0v) is 11.7. The molecule has 0 aliphatic carbocycles. The summed E-state index contributed by atoms with van der Waals surface area (Å²) >= 11 is 0. The van der Waals surface area contributed by atoms with E-state index in [1.165, 1.54) is 5.56 Å². The molecule has 2 N–H and O–H groups in total. The minimum absolute atomic E-state index is 0.325. The summed E-state index contributed by atoms with van der Waals surface area (Å²) < 4.78 is 0. The van der Waals surface area contributed by atoms with E-state index in [0.29, 0.717) is 17.7 Å². The number of aromatic nitrogens is 3. The van der Waals surface area contributed by atoms with Crippen LogP contribution in [0.1, 0.15) is 43.0 Å². The highest BCUT2D eigenvalue weighted by atomic mass is 16.3. The van der Waals surface area contributed by atoms with Gasteiger partial charge in [0.25, 0.3) is 0 Å². The molecule has 1 aromatic heterocycles. The van der Waals surface area contributed by atoms with Crippen LogP contribution in [0.25, 0.3) is 0 Å². The van der Waals surface area contributed by atoms with Gasteiger partial charge in [-0.25, -0.2) is 0 Å². The van der Waals surface area contributed by atoms with Crippen LogP contribution in [-0.4, -0.2) is 38.5 Å². The molecule has 1 unspecified atom stereocenters. The third-order valence-corrected chi connectivity index (χ3v) is 4.30. The average molecular weight is 272 g/mol. The molecule has 0 radical (unpaired) electrons. The number of benzene rings is 1. The average Bonchev–Trinajstić information content (AvgIpc) is 3.02. The second kappa shape index (κ2) is 5.63. The highest BCUT2D eigenvalue weighted by Crippen LogP contribution is 2.31. The van der Waals surface area contributed by atoms with Crippen LogP contribution < -0.4 is 0 Å². The maximum Gasteiger partial charge on any atom is 0.115 e. The van der Waals surface area contributed by atoms with Crippen molar-refractivity contribution >= 4 is 0 Å². The van der Waals surface area contributed by atoms with Gasteiger partial charge in [0.2, 0.25) is 0 Å². The van der Waals surface area contributed by atoms with Crippen molar-refractivity contribution in [1.29, 1.82) is 0 Å². The Balaban J connectivity index is 1.61. The van der Waals surface area contributed by atoms with Gasteiger partial charge in [-0.05, 0) is 50.6 Å². The number of H-pyrrole nitrogens is 1. The van der Waals surface area contributed by atoms with Gasteiger partial charge in [0.1, 0.15) is 5.75 Å². The molecule has 106 valence electrons. The van der Waals surface area contributed by atoms with E-state index in [9.17, 15) is 5.11 Å². The number of nitrogens with one attached hydrogen (secondary N) is 1. The topological polar surface area (TPSA) is 65.0 Å². The fourth-order valence-electron chi connectivity index (χ4n) is 2.95. The Morgan fingerprint density at radius 3 is 2.55 bits per heavy atom. The number of rotatable bonds is 3. The number of nitrogens with zero attached hydrogens (tertiary/aromatic N) is 3. The smallest absolute Gasteiger partial charge is 0.115 e. The summed E-state index contributed by atoms with van der Waals surface area (Å²) in [6.45, 7) is 4.36. The Morgan fingerprint density at radius 1 is 1.25 bits per heavy atom. The van der Waals surface area contributed by atoms with Crippen molar-refractivity contribution in [2.75, 3.05) is 13.1 Å². The number of aromatic amines is 1. The Kier molecular flexibility index (Phi) is 3.69. The van der Waals surface area contributed by atoms with E-state index in [1.54, 1.807) is 12.1 Å². The molecule has 3 rings (SSSR count). The Morgan fingerprint density at radius 2 is 1.95 bits per heavy atom. The van der Waals surface area contributed by atoms with Gasteiger partial charge in [-0.1, -0.05) is 12.1 Å². The van der Waals surface area contributed by atoms with E-state index in [0.717, 1.165) is 31.6 Å². The summed E-state index contributed by atoms with van der Waals surface area (Å²) in [5.41, 5.74) is 2.34. The first-order chi connectivity index (χ1) is 9.74. The van der Waals surface area contributed by atoms with Crippen molar-refractivity contribution in [2.45, 2.75) is 31.7 Å². The molecule has 0 bridgehead atoms. The third kappa shape index (κ3) is 2.67. The number of hydrogen-bond acceptors (Lipinski definition) is 4. The molecule has 1 aliphatic heterocycles. The van der Waals surface area contributed by atoms with Crippen molar-refractivity contribution in [3.8, 4) is 5.75 Å². The molecule has 0 saturated carbocycles. The number of likely N-dealkylation sites (tertiary alicyclic amines) is 1. The molecular formula is C15H20N4O. The Hall–Kier alpha value is -1.88. The van der Waals surface area contributed by atoms with Gasteiger partial charge < -0.3 is 5.11 Å². The maximum absolute atomic E-state index is 9.36. The first-order valence-electron chi connectivity index (χ1n) is 7.12. The maximum atomic E-state index is 9.36. The molecule has 20 heavy (non-hydrogen) atoms. The van der Waals surface area contributed by atoms with Crippen LogP contribution in [0.4, 0.5) is 0 Å². The minimum Gasteiger partial charge on any atom is -0.508 e. The van der Waals surface area contributed by atoms with Crippen molar-refractivity contribution in [3.05, 3.63) is 41.7 Å². The summed E-state index contributed by atoms with van der Waals surface area (Å²) in [6, 6.07) is 7.91. The van der Waals surface area contributed by atoms with Gasteiger partial charge in [0, 0.05) is 12.0 Å². The number of phenolic OH excluding ortho intramolecular Hbond substituents is 1. The van der Waals surface area contributed by atoms with Crippen LogP contribution in [0.2, 0.25) is 0 Å². The van der Waals surface area contributed by atoms with Crippen LogP contribution in [0.15, 0.2) is 30.5 Å². The Labute approximate surface area is 118 Å². The molecule has 1 saturated heterocycles. The van der Waals surface area contributed by atoms with Crippen molar-refractivity contribution in [1.82, 2.24) is 20.3 Å². The van der Waals surface area contributed by atoms with Gasteiger partial charge in [0.15, 0.2) is 0 Å². The molecule has 2 aromatic rings. The number of piperidine rings is 1. The van der Waals surface area contributed by atoms with E-state index >= 15 is 0 Å². The van der Waals surface area contributed by atoms with E-state index in [2.05, 4.69) is 27.2 Å². The van der Waals surface area contributed by atoms with Gasteiger partial charge in [-0.2, -0.15) is 15.4 Å². The molecule has 5 nitrogen and oxygen atoms in total. The first kappa shape index (κ1) is 13.1. The largest absolute Gasteiger partial charge is 0.508 e. The van der Waals surface area contributed by atoms with Gasteiger partial charge >= 0.3 is 0 Å². The van der Waals surface area contributed by atoms with Crippen molar-refractivity contribution < 1.29 is 5.11 Å². The standard InChI is InChI=1S/C15H20N4O/c1-11(12-2-4-14(20)5-3-12)19-8-6-13(7-9-19)15-10-16-18-17-15/h2-5,10-11,13,20H,6-9H2,1H3,(H,16,17,18). The lowest BCUT2D eigenvalue weighted by Crippen LogP contribution is -2.35. The second-order valence-corrected chi connectivity index (χ2v) is 5.47. The SMILES string of the molecule is CC(c1ccc(O)cc1)N1CCC(c2cn[nH]n2)CC1. The molecule has 0 spiro atoms. The molecule has 1 aromatic carbocycles. The molecule has 5 heteroatoms. The van der Waals surface area contributed by atoms with E-state index in [4.69, 9.17) is 0 Å². The third-order valence-electron chi connectivity index (χ3n) is 4.30. The van der Waals surface area contributed by atoms with E-state index < -0.39 is 0 Å².